The number of phenolic OH excluding ortho intramolecular Hbond substituents is 1. The van der Waals surface area contributed by atoms with E-state index in [0.717, 1.165) is 6.92 Å². The number of aliphatic hydroxyl groups is 3. The van der Waals surface area contributed by atoms with Crippen LogP contribution in [0.25, 0.3) is 0 Å². The molecule has 0 aliphatic heterocycles. The molecule has 4 rings (SSSR count). The lowest BCUT2D eigenvalue weighted by molar-refractivity contribution is -0.386. The van der Waals surface area contributed by atoms with Gasteiger partial charge in [-0.2, -0.15) is 0 Å². The van der Waals surface area contributed by atoms with Gasteiger partial charge in [0.1, 0.15) is 22.9 Å². The highest BCUT2D eigenvalue weighted by Gasteiger charge is 2.63. The number of nitro benzene ring substituents is 1. The number of ketones is 2. The first-order valence-electron chi connectivity index (χ1n) is 10.5. The Bertz CT molecular complexity index is 1320. The maximum absolute atomic E-state index is 15.1. The Morgan fingerprint density at radius 3 is 2.37 bits per heavy atom. The smallest absolute Gasteiger partial charge is 0.317 e. The number of aliphatic hydroxyl groups excluding tert-OH is 2. The number of carbonyl (C=O) groups excluding carboxylic acids is 3. The van der Waals surface area contributed by atoms with Crippen molar-refractivity contribution in [3.63, 3.8) is 0 Å². The Balaban J connectivity index is 2.01. The normalized spacial score (nSPS) is 28.1. The Hall–Kier alpha value is -3.84. The summed E-state index contributed by atoms with van der Waals surface area (Å²) in [4.78, 5) is 50.2. The van der Waals surface area contributed by atoms with E-state index in [-0.39, 0.29) is 18.4 Å². The first kappa shape index (κ1) is 24.3. The summed E-state index contributed by atoms with van der Waals surface area (Å²) in [6.45, 7) is 1.08. The van der Waals surface area contributed by atoms with Gasteiger partial charge in [0.2, 0.25) is 11.5 Å². The molecule has 0 bridgehead atoms. The molecule has 1 amide bonds. The quantitative estimate of drug-likeness (QED) is 0.225. The molecule has 6 N–H and O–H groups in total. The number of hydrogen-bond acceptors (Lipinski definition) is 10. The molecule has 0 unspecified atom stereocenters. The highest BCUT2D eigenvalue weighted by atomic mass is 19.1. The van der Waals surface area contributed by atoms with E-state index in [1.807, 2.05) is 0 Å². The predicted molar refractivity (Wildman–Crippen MR) is 115 cm³/mol. The molecule has 0 aromatic heterocycles. The van der Waals surface area contributed by atoms with Crippen molar-refractivity contribution in [2.75, 3.05) is 14.1 Å². The number of nitro groups is 1. The maximum atomic E-state index is 15.1. The number of nitrogens with two attached hydrogens (primary N) is 1. The number of allylic oxidation sites excluding steroid dienone is 1. The van der Waals surface area contributed by atoms with Crippen LogP contribution in [0.5, 0.6) is 5.75 Å². The minimum absolute atomic E-state index is 0.220. The van der Waals surface area contributed by atoms with Crippen molar-refractivity contribution in [1.29, 1.82) is 0 Å². The third-order valence-corrected chi connectivity index (χ3v) is 7.21. The summed E-state index contributed by atoms with van der Waals surface area (Å²) in [7, 11) is 2.96. The molecule has 35 heavy (non-hydrogen) atoms. The standard InChI is InChI=1S/C22H22FN3O9/c1-6-13(23)8-4-7-5-9-15(25(2)3)18(29)12(21(24)32)20(31)22(9,33)19(30)10(7)16(27)11(8)17(28)14(6)26(34)35/h7,9,15,28-30,33H,4-5H2,1-3H3,(H2,24,32)/t7-,9-,15-,22-/m0/s1. The number of benzene rings is 1. The molecular weight excluding hydrogens is 469 g/mol. The van der Waals surface area contributed by atoms with Gasteiger partial charge in [0.05, 0.1) is 22.1 Å². The number of rotatable bonds is 3. The number of Topliss-reactive ketones (excluding diaryl/α,β-unsaturated/α-hetero) is 2. The van der Waals surface area contributed by atoms with Gasteiger partial charge in [-0.1, -0.05) is 0 Å². The van der Waals surface area contributed by atoms with Crippen LogP contribution in [0.1, 0.15) is 27.9 Å². The fourth-order valence-corrected chi connectivity index (χ4v) is 5.69. The maximum Gasteiger partial charge on any atom is 0.317 e. The van der Waals surface area contributed by atoms with Crippen LogP contribution in [-0.4, -0.2) is 73.5 Å². The van der Waals surface area contributed by atoms with Gasteiger partial charge < -0.3 is 26.2 Å². The molecule has 0 spiro atoms. The fraction of sp³-hybridized carbons (Fsp3) is 0.409. The lowest BCUT2D eigenvalue weighted by Gasteiger charge is -2.50. The summed E-state index contributed by atoms with van der Waals surface area (Å²) in [6, 6.07) is -1.18. The van der Waals surface area contributed by atoms with E-state index in [2.05, 4.69) is 0 Å². The number of likely N-dealkylation sites (N-methyl/N-ethyl adjacent to an activating group) is 1. The molecule has 3 aliphatic rings. The minimum Gasteiger partial charge on any atom is -0.510 e. The second-order valence-corrected chi connectivity index (χ2v) is 9.21. The van der Waals surface area contributed by atoms with Crippen molar-refractivity contribution in [3.05, 3.63) is 55.3 Å². The number of amides is 1. The average Bonchev–Trinajstić information content (AvgIpc) is 2.73. The molecule has 12 nitrogen and oxygen atoms in total. The molecule has 1 aromatic carbocycles. The molecule has 0 fully saturated rings. The molecule has 0 heterocycles. The molecule has 0 radical (unpaired) electrons. The number of hydrogen-bond donors (Lipinski definition) is 5. The van der Waals surface area contributed by atoms with Gasteiger partial charge in [-0.05, 0) is 39.8 Å². The Morgan fingerprint density at radius 2 is 1.86 bits per heavy atom. The van der Waals surface area contributed by atoms with E-state index in [1.54, 1.807) is 0 Å². The molecule has 0 saturated heterocycles. The topological polar surface area (TPSA) is 205 Å². The Kier molecular flexibility index (Phi) is 5.26. The number of primary amides is 1. The van der Waals surface area contributed by atoms with Crippen LogP contribution in [0.15, 0.2) is 22.7 Å². The number of carbonyl (C=O) groups is 3. The van der Waals surface area contributed by atoms with E-state index in [0.29, 0.717) is 0 Å². The van der Waals surface area contributed by atoms with E-state index >= 15 is 4.39 Å². The Labute approximate surface area is 196 Å². The van der Waals surface area contributed by atoms with Crippen LogP contribution in [0, 0.1) is 34.7 Å². The van der Waals surface area contributed by atoms with Crippen LogP contribution < -0.4 is 5.73 Å². The zero-order valence-electron chi connectivity index (χ0n) is 18.8. The van der Waals surface area contributed by atoms with Gasteiger partial charge in [-0.25, -0.2) is 4.39 Å². The first-order chi connectivity index (χ1) is 16.2. The van der Waals surface area contributed by atoms with Gasteiger partial charge in [0.25, 0.3) is 5.91 Å². The third-order valence-electron chi connectivity index (χ3n) is 7.21. The van der Waals surface area contributed by atoms with Crippen molar-refractivity contribution < 1.29 is 44.1 Å². The van der Waals surface area contributed by atoms with Crippen molar-refractivity contribution in [1.82, 2.24) is 4.90 Å². The van der Waals surface area contributed by atoms with Crippen molar-refractivity contribution in [3.8, 4) is 5.75 Å². The SMILES string of the molecule is Cc1c(F)c2c(c(O)c1[N+](=O)[O-])C(=O)C1=C(O)[C@]3(O)C(=O)C(C(N)=O)=C(O)[C@@H](N(C)C)[C@@H]3C[C@@H]1C2. The fourth-order valence-electron chi connectivity index (χ4n) is 5.69. The summed E-state index contributed by atoms with van der Waals surface area (Å²) >= 11 is 0. The van der Waals surface area contributed by atoms with Crippen LogP contribution >= 0.6 is 0 Å². The molecule has 3 aliphatic carbocycles. The van der Waals surface area contributed by atoms with Crippen LogP contribution in [0.2, 0.25) is 0 Å². The summed E-state index contributed by atoms with van der Waals surface area (Å²) < 4.78 is 15.1. The first-order valence-corrected chi connectivity index (χ1v) is 10.5. The highest BCUT2D eigenvalue weighted by Crippen LogP contribution is 2.53. The van der Waals surface area contributed by atoms with Gasteiger partial charge in [-0.15, -0.1) is 0 Å². The van der Waals surface area contributed by atoms with Crippen LogP contribution in [0.4, 0.5) is 10.1 Å². The van der Waals surface area contributed by atoms with Crippen molar-refractivity contribution >= 4 is 23.2 Å². The number of phenols is 1. The van der Waals surface area contributed by atoms with Crippen molar-refractivity contribution in [2.45, 2.75) is 31.4 Å². The average molecular weight is 491 g/mol. The molecule has 0 saturated carbocycles. The zero-order valence-corrected chi connectivity index (χ0v) is 18.8. The van der Waals surface area contributed by atoms with Crippen molar-refractivity contribution in [2.24, 2.45) is 17.6 Å². The number of fused-ring (bicyclic) bond motifs is 3. The monoisotopic (exact) mass is 491 g/mol. The number of aromatic hydroxyl groups is 1. The van der Waals surface area contributed by atoms with E-state index in [9.17, 15) is 44.9 Å². The summed E-state index contributed by atoms with van der Waals surface area (Å²) in [5, 5.41) is 55.1. The lowest BCUT2D eigenvalue weighted by atomic mass is 9.58. The molecular formula is C22H22FN3O9. The zero-order chi connectivity index (χ0) is 26.3. The minimum atomic E-state index is -2.85. The van der Waals surface area contributed by atoms with Gasteiger partial charge >= 0.3 is 5.69 Å². The van der Waals surface area contributed by atoms with Crippen LogP contribution in [0.3, 0.4) is 0 Å². The summed E-state index contributed by atoms with van der Waals surface area (Å²) in [5.74, 6) is -10.3. The van der Waals surface area contributed by atoms with Gasteiger partial charge in [-0.3, -0.25) is 29.4 Å². The predicted octanol–water partition coefficient (Wildman–Crippen LogP) is 0.476. The second-order valence-electron chi connectivity index (χ2n) is 9.21. The molecule has 1 aromatic rings. The largest absolute Gasteiger partial charge is 0.510 e. The van der Waals surface area contributed by atoms with Crippen LogP contribution in [-0.2, 0) is 16.0 Å². The number of nitrogens with zero attached hydrogens (tertiary/aromatic N) is 2. The third kappa shape index (κ3) is 2.94. The number of halogens is 1. The lowest BCUT2D eigenvalue weighted by Crippen LogP contribution is -2.63. The molecule has 4 atom stereocenters. The molecule has 186 valence electrons. The van der Waals surface area contributed by atoms with Gasteiger partial charge in [0, 0.05) is 17.1 Å². The molecule has 13 heteroatoms. The summed E-state index contributed by atoms with van der Waals surface area (Å²) in [6.07, 6.45) is -0.519. The second kappa shape index (κ2) is 7.58. The highest BCUT2D eigenvalue weighted by molar-refractivity contribution is 6.24. The van der Waals surface area contributed by atoms with E-state index in [1.165, 1.54) is 19.0 Å². The Morgan fingerprint density at radius 1 is 1.26 bits per heavy atom. The van der Waals surface area contributed by atoms with E-state index in [4.69, 9.17) is 5.73 Å². The summed E-state index contributed by atoms with van der Waals surface area (Å²) in [5.41, 5.74) is -1.65. The van der Waals surface area contributed by atoms with Gasteiger partial charge in [0.15, 0.2) is 11.4 Å². The van der Waals surface area contributed by atoms with E-state index < -0.39 is 96.9 Å².